The van der Waals surface area contributed by atoms with Crippen LogP contribution in [-0.2, 0) is 19.1 Å². The minimum atomic E-state index is -4.78. The van der Waals surface area contributed by atoms with Gasteiger partial charge in [0.1, 0.15) is 5.75 Å². The number of anilines is 1. The largest absolute Gasteiger partial charge is 0.573 e. The summed E-state index contributed by atoms with van der Waals surface area (Å²) in [5, 5.41) is 2.61. The average molecular weight is 347 g/mol. The van der Waals surface area contributed by atoms with E-state index >= 15 is 0 Å². The highest BCUT2D eigenvalue weighted by atomic mass is 19.4. The molecule has 1 aromatic carbocycles. The van der Waals surface area contributed by atoms with Gasteiger partial charge in [-0.25, -0.2) is 9.59 Å². The van der Waals surface area contributed by atoms with Crippen LogP contribution in [0.25, 0.3) is 0 Å². The average Bonchev–Trinajstić information content (AvgIpc) is 2.48. The smallest absolute Gasteiger partial charge is 0.462 e. The number of hydrogen-bond donors (Lipinski definition) is 1. The Morgan fingerprint density at radius 2 is 1.54 bits per heavy atom. The molecule has 0 saturated heterocycles. The number of halogens is 3. The van der Waals surface area contributed by atoms with E-state index in [0.29, 0.717) is 5.69 Å². The molecule has 0 amide bonds. The van der Waals surface area contributed by atoms with Gasteiger partial charge in [-0.2, -0.15) is 0 Å². The van der Waals surface area contributed by atoms with E-state index in [2.05, 4.69) is 10.1 Å². The van der Waals surface area contributed by atoms with Gasteiger partial charge in [0, 0.05) is 11.9 Å². The molecule has 0 heterocycles. The minimum absolute atomic E-state index is 0.0685. The highest BCUT2D eigenvalue weighted by molar-refractivity contribution is 6.14. The Bertz CT molecular complexity index is 576. The van der Waals surface area contributed by atoms with E-state index in [1.54, 1.807) is 13.8 Å². The third kappa shape index (κ3) is 6.59. The van der Waals surface area contributed by atoms with Crippen LogP contribution >= 0.6 is 0 Å². The van der Waals surface area contributed by atoms with Gasteiger partial charge < -0.3 is 19.5 Å². The van der Waals surface area contributed by atoms with Crippen LogP contribution in [0.2, 0.25) is 0 Å². The third-order valence-electron chi connectivity index (χ3n) is 2.46. The third-order valence-corrected chi connectivity index (χ3v) is 2.46. The van der Waals surface area contributed by atoms with E-state index in [9.17, 15) is 22.8 Å². The molecule has 6 nitrogen and oxygen atoms in total. The maximum atomic E-state index is 12.1. The predicted octanol–water partition coefficient (Wildman–Crippen LogP) is 3.01. The molecule has 0 aliphatic carbocycles. The molecule has 1 aromatic rings. The molecule has 0 unspecified atom stereocenters. The quantitative estimate of drug-likeness (QED) is 0.354. The number of benzene rings is 1. The first-order chi connectivity index (χ1) is 11.3. The molecule has 1 rings (SSSR count). The molecular formula is C15H16F3NO5. The van der Waals surface area contributed by atoms with Crippen molar-refractivity contribution in [2.24, 2.45) is 0 Å². The number of hydrogen-bond acceptors (Lipinski definition) is 6. The summed E-state index contributed by atoms with van der Waals surface area (Å²) in [6, 6.07) is 4.73. The molecule has 132 valence electrons. The van der Waals surface area contributed by atoms with Gasteiger partial charge in [0.2, 0.25) is 0 Å². The van der Waals surface area contributed by atoms with E-state index in [1.165, 1.54) is 12.1 Å². The normalized spacial score (nSPS) is 10.5. The van der Waals surface area contributed by atoms with Gasteiger partial charge >= 0.3 is 18.3 Å². The topological polar surface area (TPSA) is 73.9 Å². The summed E-state index contributed by atoms with van der Waals surface area (Å²) >= 11 is 0. The van der Waals surface area contributed by atoms with Crippen LogP contribution in [0.3, 0.4) is 0 Å². The molecule has 0 saturated carbocycles. The number of nitrogens with one attached hydrogen (secondary N) is 1. The van der Waals surface area contributed by atoms with Gasteiger partial charge in [-0.3, -0.25) is 0 Å². The Morgan fingerprint density at radius 3 is 1.96 bits per heavy atom. The summed E-state index contributed by atoms with van der Waals surface area (Å²) in [6.07, 6.45) is -3.72. The molecule has 0 fully saturated rings. The highest BCUT2D eigenvalue weighted by Gasteiger charge is 2.30. The van der Waals surface area contributed by atoms with E-state index < -0.39 is 24.1 Å². The molecule has 0 aliphatic heterocycles. The van der Waals surface area contributed by atoms with Crippen LogP contribution in [0.15, 0.2) is 36.0 Å². The van der Waals surface area contributed by atoms with Gasteiger partial charge in [-0.05, 0) is 38.1 Å². The second kappa shape index (κ2) is 8.80. The number of alkyl halides is 3. The maximum Gasteiger partial charge on any atom is 0.573 e. The Labute approximate surface area is 136 Å². The lowest BCUT2D eigenvalue weighted by molar-refractivity contribution is -0.274. The number of rotatable bonds is 7. The van der Waals surface area contributed by atoms with Gasteiger partial charge in [0.25, 0.3) is 0 Å². The SMILES string of the molecule is CCOC(=O)C(=CNc1ccc(OC(F)(F)F)cc1)C(=O)OCC. The lowest BCUT2D eigenvalue weighted by atomic mass is 10.2. The van der Waals surface area contributed by atoms with E-state index in [1.807, 2.05) is 0 Å². The second-order valence-electron chi connectivity index (χ2n) is 4.22. The van der Waals surface area contributed by atoms with Crippen LogP contribution in [0, 0.1) is 0 Å². The lowest BCUT2D eigenvalue weighted by Crippen LogP contribution is -2.19. The molecule has 0 aromatic heterocycles. The zero-order valence-corrected chi connectivity index (χ0v) is 13.0. The van der Waals surface area contributed by atoms with Crippen molar-refractivity contribution < 1.29 is 37.0 Å². The number of carbonyl (C=O) groups is 2. The van der Waals surface area contributed by atoms with Crippen molar-refractivity contribution in [3.05, 3.63) is 36.0 Å². The number of carbonyl (C=O) groups excluding carboxylic acids is 2. The Morgan fingerprint density at radius 1 is 1.04 bits per heavy atom. The Hall–Kier alpha value is -2.71. The fraction of sp³-hybridized carbons (Fsp3) is 0.333. The fourth-order valence-corrected chi connectivity index (χ4v) is 1.53. The molecule has 24 heavy (non-hydrogen) atoms. The fourth-order valence-electron chi connectivity index (χ4n) is 1.53. The minimum Gasteiger partial charge on any atom is -0.462 e. The zero-order valence-electron chi connectivity index (χ0n) is 13.0. The van der Waals surface area contributed by atoms with E-state index in [-0.39, 0.29) is 18.8 Å². The number of ether oxygens (including phenoxy) is 3. The molecule has 1 N–H and O–H groups in total. The zero-order chi connectivity index (χ0) is 18.2. The Balaban J connectivity index is 2.85. The van der Waals surface area contributed by atoms with Crippen molar-refractivity contribution in [2.75, 3.05) is 18.5 Å². The van der Waals surface area contributed by atoms with Crippen LogP contribution in [0.1, 0.15) is 13.8 Å². The first-order valence-corrected chi connectivity index (χ1v) is 6.93. The van der Waals surface area contributed by atoms with Crippen LogP contribution < -0.4 is 10.1 Å². The van der Waals surface area contributed by atoms with Crippen molar-refractivity contribution in [3.63, 3.8) is 0 Å². The predicted molar refractivity (Wildman–Crippen MR) is 78.1 cm³/mol. The molecule has 0 atom stereocenters. The summed E-state index contributed by atoms with van der Waals surface area (Å²) in [6.45, 7) is 3.29. The molecule has 0 aliphatic rings. The lowest BCUT2D eigenvalue weighted by Gasteiger charge is -2.10. The monoisotopic (exact) mass is 347 g/mol. The highest BCUT2D eigenvalue weighted by Crippen LogP contribution is 2.24. The van der Waals surface area contributed by atoms with Crippen LogP contribution in [0.5, 0.6) is 5.75 Å². The first kappa shape index (κ1) is 19.3. The van der Waals surface area contributed by atoms with E-state index in [4.69, 9.17) is 9.47 Å². The van der Waals surface area contributed by atoms with Gasteiger partial charge in [0.15, 0.2) is 5.57 Å². The van der Waals surface area contributed by atoms with Crippen molar-refractivity contribution in [1.29, 1.82) is 0 Å². The van der Waals surface area contributed by atoms with Gasteiger partial charge in [-0.1, -0.05) is 0 Å². The molecule has 0 spiro atoms. The summed E-state index contributed by atoms with van der Waals surface area (Å²) < 4.78 is 49.4. The van der Waals surface area contributed by atoms with Crippen LogP contribution in [0.4, 0.5) is 18.9 Å². The Kier molecular flexibility index (Phi) is 7.09. The van der Waals surface area contributed by atoms with Gasteiger partial charge in [-0.15, -0.1) is 13.2 Å². The van der Waals surface area contributed by atoms with E-state index in [0.717, 1.165) is 18.3 Å². The molecule has 0 radical (unpaired) electrons. The van der Waals surface area contributed by atoms with Gasteiger partial charge in [0.05, 0.1) is 13.2 Å². The molecule has 0 bridgehead atoms. The van der Waals surface area contributed by atoms with Crippen LogP contribution in [-0.4, -0.2) is 31.5 Å². The molecular weight excluding hydrogens is 331 g/mol. The van der Waals surface area contributed by atoms with Crippen molar-refractivity contribution in [3.8, 4) is 5.75 Å². The summed E-state index contributed by atoms with van der Waals surface area (Å²) in [5.41, 5.74) is -0.0371. The van der Waals surface area contributed by atoms with Crippen molar-refractivity contribution in [1.82, 2.24) is 0 Å². The second-order valence-corrected chi connectivity index (χ2v) is 4.22. The van der Waals surface area contributed by atoms with Crippen molar-refractivity contribution in [2.45, 2.75) is 20.2 Å². The maximum absolute atomic E-state index is 12.1. The summed E-state index contributed by atoms with van der Waals surface area (Å²) in [7, 11) is 0. The number of esters is 2. The summed E-state index contributed by atoms with van der Waals surface area (Å²) in [4.78, 5) is 23.4. The standard InChI is InChI=1S/C15H16F3NO5/c1-3-22-13(20)12(14(21)23-4-2)9-19-10-5-7-11(8-6-10)24-15(16,17)18/h5-9,19H,3-4H2,1-2H3. The molecule has 9 heteroatoms. The van der Waals surface area contributed by atoms with Crippen molar-refractivity contribution >= 4 is 17.6 Å². The first-order valence-electron chi connectivity index (χ1n) is 6.93. The summed E-state index contributed by atoms with van der Waals surface area (Å²) in [5.74, 6) is -2.14.